The van der Waals surface area contributed by atoms with Crippen LogP contribution in [0, 0.1) is 6.92 Å². The molecule has 0 fully saturated rings. The van der Waals surface area contributed by atoms with Crippen molar-refractivity contribution in [3.8, 4) is 5.75 Å². The minimum Gasteiger partial charge on any atom is -0.483 e. The molecule has 4 aromatic carbocycles. The Morgan fingerprint density at radius 3 is 2.55 bits per heavy atom. The number of hydrogen-bond donors (Lipinski definition) is 2. The monoisotopic (exact) mass is 430 g/mol. The Hall–Kier alpha value is -3.50. The van der Waals surface area contributed by atoms with E-state index < -0.39 is 0 Å². The van der Waals surface area contributed by atoms with E-state index in [0.717, 1.165) is 27.9 Å². The number of benzene rings is 4. The number of carbonyl (C=O) groups is 1. The lowest BCUT2D eigenvalue weighted by Gasteiger charge is -2.14. The summed E-state index contributed by atoms with van der Waals surface area (Å²) < 4.78 is 5.82. The topological polar surface area (TPSA) is 50.4 Å². The zero-order valence-electron chi connectivity index (χ0n) is 17.2. The van der Waals surface area contributed by atoms with Crippen LogP contribution in [0.4, 0.5) is 11.4 Å². The van der Waals surface area contributed by atoms with Crippen molar-refractivity contribution in [2.75, 3.05) is 17.2 Å². The van der Waals surface area contributed by atoms with Crippen molar-refractivity contribution in [3.05, 3.63) is 101 Å². The maximum atomic E-state index is 12.3. The summed E-state index contributed by atoms with van der Waals surface area (Å²) >= 11 is 6.21. The van der Waals surface area contributed by atoms with Crippen LogP contribution in [0.15, 0.2) is 84.9 Å². The van der Waals surface area contributed by atoms with E-state index in [1.54, 1.807) is 12.1 Å². The van der Waals surface area contributed by atoms with Crippen molar-refractivity contribution < 1.29 is 9.53 Å². The molecule has 0 aliphatic rings. The molecule has 4 nitrogen and oxygen atoms in total. The van der Waals surface area contributed by atoms with E-state index in [9.17, 15) is 4.79 Å². The van der Waals surface area contributed by atoms with Crippen molar-refractivity contribution >= 4 is 39.7 Å². The lowest BCUT2D eigenvalue weighted by Crippen LogP contribution is -2.20. The summed E-state index contributed by atoms with van der Waals surface area (Å²) in [5.74, 6) is 0.406. The van der Waals surface area contributed by atoms with Crippen LogP contribution >= 0.6 is 11.6 Å². The number of fused-ring (bicyclic) bond motifs is 1. The highest BCUT2D eigenvalue weighted by Crippen LogP contribution is 2.27. The fourth-order valence-electron chi connectivity index (χ4n) is 3.37. The van der Waals surface area contributed by atoms with Gasteiger partial charge in [-0.25, -0.2) is 0 Å². The van der Waals surface area contributed by atoms with Gasteiger partial charge < -0.3 is 15.4 Å². The lowest BCUT2D eigenvalue weighted by molar-refractivity contribution is -0.118. The summed E-state index contributed by atoms with van der Waals surface area (Å²) in [6.07, 6.45) is 0. The van der Waals surface area contributed by atoms with Crippen LogP contribution in [0.3, 0.4) is 0 Å². The molecular formula is C26H23ClN2O2. The van der Waals surface area contributed by atoms with Crippen molar-refractivity contribution in [1.29, 1.82) is 0 Å². The number of amides is 1. The molecule has 0 heterocycles. The minimum atomic E-state index is -0.216. The first-order valence-corrected chi connectivity index (χ1v) is 10.5. The summed E-state index contributed by atoms with van der Waals surface area (Å²) in [7, 11) is 0. The summed E-state index contributed by atoms with van der Waals surface area (Å²) in [6.45, 7) is 2.43. The molecule has 1 amide bonds. The number of nitrogens with one attached hydrogen (secondary N) is 2. The molecule has 4 rings (SSSR count). The van der Waals surface area contributed by atoms with E-state index in [1.807, 2.05) is 61.5 Å². The van der Waals surface area contributed by atoms with Gasteiger partial charge in [-0.1, -0.05) is 65.7 Å². The number of rotatable bonds is 7. The van der Waals surface area contributed by atoms with Gasteiger partial charge in [0.2, 0.25) is 0 Å². The number of carbonyl (C=O) groups excluding carboxylic acids is 1. The fraction of sp³-hybridized carbons (Fsp3) is 0.115. The van der Waals surface area contributed by atoms with Crippen LogP contribution < -0.4 is 15.4 Å². The predicted octanol–water partition coefficient (Wildman–Crippen LogP) is 6.43. The molecule has 0 radical (unpaired) electrons. The molecule has 0 aliphatic carbocycles. The second kappa shape index (κ2) is 9.54. The Bertz CT molecular complexity index is 1200. The van der Waals surface area contributed by atoms with Gasteiger partial charge in [0.25, 0.3) is 5.91 Å². The minimum absolute atomic E-state index is 0.0865. The molecule has 0 atom stereocenters. The van der Waals surface area contributed by atoms with Crippen LogP contribution in [-0.2, 0) is 11.3 Å². The summed E-state index contributed by atoms with van der Waals surface area (Å²) in [5.41, 5.74) is 3.79. The summed E-state index contributed by atoms with van der Waals surface area (Å²) in [6, 6.07) is 27.4. The SMILES string of the molecule is Cc1ccc(NC(=O)COc2ccc(Cl)cc2CNc2cccc3ccccc23)cc1. The molecule has 4 aromatic rings. The first kappa shape index (κ1) is 20.8. The Kier molecular flexibility index (Phi) is 6.39. The van der Waals surface area contributed by atoms with Gasteiger partial charge in [0.05, 0.1) is 0 Å². The highest BCUT2D eigenvalue weighted by Gasteiger charge is 2.09. The molecule has 0 saturated heterocycles. The van der Waals surface area contributed by atoms with Gasteiger partial charge >= 0.3 is 0 Å². The van der Waals surface area contributed by atoms with Crippen LogP contribution in [-0.4, -0.2) is 12.5 Å². The average Bonchev–Trinajstić information content (AvgIpc) is 2.78. The van der Waals surface area contributed by atoms with Crippen LogP contribution in [0.1, 0.15) is 11.1 Å². The second-order valence-corrected chi connectivity index (χ2v) is 7.77. The maximum absolute atomic E-state index is 12.3. The van der Waals surface area contributed by atoms with Crippen molar-refractivity contribution in [2.24, 2.45) is 0 Å². The highest BCUT2D eigenvalue weighted by atomic mass is 35.5. The van der Waals surface area contributed by atoms with E-state index in [2.05, 4.69) is 28.8 Å². The molecule has 2 N–H and O–H groups in total. The van der Waals surface area contributed by atoms with Gasteiger partial charge in [0.15, 0.2) is 6.61 Å². The summed E-state index contributed by atoms with van der Waals surface area (Å²) in [4.78, 5) is 12.3. The molecule has 5 heteroatoms. The lowest BCUT2D eigenvalue weighted by atomic mass is 10.1. The predicted molar refractivity (Wildman–Crippen MR) is 128 cm³/mol. The zero-order valence-corrected chi connectivity index (χ0v) is 17.9. The molecule has 0 bridgehead atoms. The third-order valence-corrected chi connectivity index (χ3v) is 5.21. The quantitative estimate of drug-likeness (QED) is 0.355. The van der Waals surface area contributed by atoms with Crippen molar-refractivity contribution in [2.45, 2.75) is 13.5 Å². The number of ether oxygens (including phenoxy) is 1. The Morgan fingerprint density at radius 2 is 1.71 bits per heavy atom. The Morgan fingerprint density at radius 1 is 0.935 bits per heavy atom. The Labute approximate surface area is 186 Å². The van der Waals surface area contributed by atoms with Gasteiger partial charge in [-0.2, -0.15) is 0 Å². The smallest absolute Gasteiger partial charge is 0.262 e. The van der Waals surface area contributed by atoms with E-state index in [1.165, 1.54) is 5.39 Å². The van der Waals surface area contributed by atoms with Gasteiger partial charge in [0.1, 0.15) is 5.75 Å². The average molecular weight is 431 g/mol. The van der Waals surface area contributed by atoms with Crippen molar-refractivity contribution in [3.63, 3.8) is 0 Å². The Balaban J connectivity index is 1.43. The third kappa shape index (κ3) is 5.36. The molecule has 156 valence electrons. The van der Waals surface area contributed by atoms with Gasteiger partial charge in [-0.05, 0) is 48.7 Å². The number of halogens is 1. The number of hydrogen-bond acceptors (Lipinski definition) is 3. The highest BCUT2D eigenvalue weighted by molar-refractivity contribution is 6.30. The van der Waals surface area contributed by atoms with Gasteiger partial charge in [-0.15, -0.1) is 0 Å². The molecule has 31 heavy (non-hydrogen) atoms. The van der Waals surface area contributed by atoms with E-state index >= 15 is 0 Å². The number of anilines is 2. The van der Waals surface area contributed by atoms with Crippen LogP contribution in [0.2, 0.25) is 5.02 Å². The van der Waals surface area contributed by atoms with Gasteiger partial charge in [-0.3, -0.25) is 4.79 Å². The fourth-order valence-corrected chi connectivity index (χ4v) is 3.57. The first-order valence-electron chi connectivity index (χ1n) is 10.1. The van der Waals surface area contributed by atoms with Gasteiger partial charge in [0, 0.05) is 33.9 Å². The first-order chi connectivity index (χ1) is 15.1. The second-order valence-electron chi connectivity index (χ2n) is 7.34. The molecule has 0 saturated carbocycles. The van der Waals surface area contributed by atoms with Crippen molar-refractivity contribution in [1.82, 2.24) is 0 Å². The molecule has 0 unspecified atom stereocenters. The maximum Gasteiger partial charge on any atom is 0.262 e. The summed E-state index contributed by atoms with van der Waals surface area (Å²) in [5, 5.41) is 9.24. The number of aryl methyl sites for hydroxylation is 1. The third-order valence-electron chi connectivity index (χ3n) is 4.98. The van der Waals surface area contributed by atoms with E-state index in [4.69, 9.17) is 16.3 Å². The molecule has 0 aromatic heterocycles. The van der Waals surface area contributed by atoms with Crippen LogP contribution in [0.5, 0.6) is 5.75 Å². The van der Waals surface area contributed by atoms with E-state index in [-0.39, 0.29) is 12.5 Å². The standard InChI is InChI=1S/C26H23ClN2O2/c1-18-9-12-22(13-10-18)29-26(30)17-31-25-14-11-21(27)15-20(25)16-28-24-8-4-6-19-5-2-3-7-23(19)24/h2-15,28H,16-17H2,1H3,(H,29,30). The molecule has 0 aliphatic heterocycles. The van der Waals surface area contributed by atoms with E-state index in [0.29, 0.717) is 17.3 Å². The zero-order chi connectivity index (χ0) is 21.6. The largest absolute Gasteiger partial charge is 0.483 e. The molecule has 0 spiro atoms. The molecular weight excluding hydrogens is 408 g/mol. The van der Waals surface area contributed by atoms with Crippen LogP contribution in [0.25, 0.3) is 10.8 Å². The normalized spacial score (nSPS) is 10.6.